The molecule has 0 spiro atoms. The van der Waals surface area contributed by atoms with Crippen LogP contribution < -0.4 is 10.1 Å². The largest absolute Gasteiger partial charge is 0.497 e. The van der Waals surface area contributed by atoms with E-state index in [1.54, 1.807) is 24.9 Å². The number of ether oxygens (including phenoxy) is 1. The zero-order valence-corrected chi connectivity index (χ0v) is 18.9. The first-order valence-electron chi connectivity index (χ1n) is 8.94. The number of hydrogen-bond donors (Lipinski definition) is 1. The fourth-order valence-corrected chi connectivity index (χ4v) is 4.98. The predicted octanol–water partition coefficient (Wildman–Crippen LogP) is 5.65. The van der Waals surface area contributed by atoms with Crippen molar-refractivity contribution in [1.82, 2.24) is 10.3 Å². The molecule has 8 heteroatoms. The van der Waals surface area contributed by atoms with Crippen molar-refractivity contribution >= 4 is 52.2 Å². The molecule has 0 saturated heterocycles. The van der Waals surface area contributed by atoms with Gasteiger partial charge in [0.15, 0.2) is 0 Å². The van der Waals surface area contributed by atoms with E-state index >= 15 is 0 Å². The fraction of sp³-hybridized carbons (Fsp3) is 0.238. The normalized spacial score (nSPS) is 10.7. The third-order valence-corrected chi connectivity index (χ3v) is 6.84. The summed E-state index contributed by atoms with van der Waals surface area (Å²) in [7, 11) is 1.64. The monoisotopic (exact) mass is 466 g/mol. The molecule has 0 fully saturated rings. The van der Waals surface area contributed by atoms with Crippen LogP contribution in [0.3, 0.4) is 0 Å². The molecular formula is C21H20Cl2N2O2S2. The maximum absolute atomic E-state index is 12.2. The van der Waals surface area contributed by atoms with Gasteiger partial charge in [-0.2, -0.15) is 0 Å². The summed E-state index contributed by atoms with van der Waals surface area (Å²) in [5.74, 6) is 1.51. The number of carbonyl (C=O) groups excluding carboxylic acids is 1. The second-order valence-corrected chi connectivity index (χ2v) is 9.18. The summed E-state index contributed by atoms with van der Waals surface area (Å²) < 4.78 is 6.06. The quantitative estimate of drug-likeness (QED) is 0.413. The van der Waals surface area contributed by atoms with E-state index in [0.29, 0.717) is 22.3 Å². The Bertz CT molecular complexity index is 962. The Balaban J connectivity index is 1.42. The highest BCUT2D eigenvalue weighted by atomic mass is 35.5. The van der Waals surface area contributed by atoms with Gasteiger partial charge in [0.05, 0.1) is 19.2 Å². The number of hydrogen-bond acceptors (Lipinski definition) is 5. The minimum absolute atomic E-state index is 0.0268. The van der Waals surface area contributed by atoms with E-state index in [1.807, 2.05) is 41.8 Å². The van der Waals surface area contributed by atoms with Gasteiger partial charge in [0.2, 0.25) is 5.91 Å². The SMILES string of the molecule is COc1ccc(CCNC(=O)Cc2csc(SCc3ccc(Cl)cc3Cl)n2)cc1. The molecule has 0 atom stereocenters. The number of halogens is 2. The van der Waals surface area contributed by atoms with Crippen LogP contribution in [0.1, 0.15) is 16.8 Å². The molecule has 0 unspecified atom stereocenters. The predicted molar refractivity (Wildman–Crippen MR) is 122 cm³/mol. The Labute approximate surface area is 188 Å². The highest BCUT2D eigenvalue weighted by molar-refractivity contribution is 8.00. The second-order valence-electron chi connectivity index (χ2n) is 6.25. The van der Waals surface area contributed by atoms with Crippen LogP contribution >= 0.6 is 46.3 Å². The molecule has 152 valence electrons. The lowest BCUT2D eigenvalue weighted by molar-refractivity contribution is -0.120. The third-order valence-electron chi connectivity index (χ3n) is 4.13. The number of amides is 1. The Morgan fingerprint density at radius 1 is 1.21 bits per heavy atom. The van der Waals surface area contributed by atoms with E-state index in [2.05, 4.69) is 10.3 Å². The van der Waals surface area contributed by atoms with Gasteiger partial charge < -0.3 is 10.1 Å². The van der Waals surface area contributed by atoms with Gasteiger partial charge in [0.25, 0.3) is 0 Å². The molecule has 3 rings (SSSR count). The van der Waals surface area contributed by atoms with Crippen LogP contribution in [0.15, 0.2) is 52.2 Å². The smallest absolute Gasteiger partial charge is 0.226 e. The van der Waals surface area contributed by atoms with Crippen LogP contribution in [0.5, 0.6) is 5.75 Å². The van der Waals surface area contributed by atoms with E-state index < -0.39 is 0 Å². The fourth-order valence-electron chi connectivity index (χ4n) is 2.58. The van der Waals surface area contributed by atoms with Gasteiger partial charge in [0.1, 0.15) is 10.1 Å². The number of carbonyl (C=O) groups is 1. The average Bonchev–Trinajstić information content (AvgIpc) is 3.15. The van der Waals surface area contributed by atoms with Crippen molar-refractivity contribution in [2.75, 3.05) is 13.7 Å². The number of methoxy groups -OCH3 is 1. The topological polar surface area (TPSA) is 51.2 Å². The maximum Gasteiger partial charge on any atom is 0.226 e. The summed E-state index contributed by atoms with van der Waals surface area (Å²) in [4.78, 5) is 16.7. The van der Waals surface area contributed by atoms with E-state index in [9.17, 15) is 4.79 Å². The van der Waals surface area contributed by atoms with E-state index in [4.69, 9.17) is 27.9 Å². The molecule has 1 heterocycles. The number of thiazole rings is 1. The number of thioether (sulfide) groups is 1. The molecule has 0 aliphatic rings. The summed E-state index contributed by atoms with van der Waals surface area (Å²) in [6.45, 7) is 0.589. The van der Waals surface area contributed by atoms with Crippen molar-refractivity contribution < 1.29 is 9.53 Å². The summed E-state index contributed by atoms with van der Waals surface area (Å²) in [5.41, 5.74) is 2.94. The molecule has 0 aliphatic carbocycles. The Morgan fingerprint density at radius 3 is 2.72 bits per heavy atom. The van der Waals surface area contributed by atoms with Crippen LogP contribution in [-0.4, -0.2) is 24.5 Å². The minimum Gasteiger partial charge on any atom is -0.497 e. The van der Waals surface area contributed by atoms with Crippen molar-refractivity contribution in [1.29, 1.82) is 0 Å². The van der Waals surface area contributed by atoms with E-state index in [1.165, 1.54) is 11.3 Å². The van der Waals surface area contributed by atoms with Gasteiger partial charge in [-0.1, -0.05) is 53.2 Å². The lowest BCUT2D eigenvalue weighted by Crippen LogP contribution is -2.27. The standard InChI is InChI=1S/C21H20Cl2N2O2S2/c1-27-18-6-2-14(3-7-18)8-9-24-20(26)11-17-13-29-21(25-17)28-12-15-4-5-16(22)10-19(15)23/h2-7,10,13H,8-9,11-12H2,1H3,(H,24,26). The number of rotatable bonds is 9. The van der Waals surface area contributed by atoms with Gasteiger partial charge in [-0.3, -0.25) is 4.79 Å². The van der Waals surface area contributed by atoms with Crippen molar-refractivity contribution in [2.24, 2.45) is 0 Å². The Kier molecular flexibility index (Phi) is 8.24. The molecule has 4 nitrogen and oxygen atoms in total. The first-order chi connectivity index (χ1) is 14.0. The molecular weight excluding hydrogens is 447 g/mol. The van der Waals surface area contributed by atoms with Crippen LogP contribution in [0.4, 0.5) is 0 Å². The van der Waals surface area contributed by atoms with Crippen molar-refractivity contribution in [3.63, 3.8) is 0 Å². The lowest BCUT2D eigenvalue weighted by atomic mass is 10.1. The molecule has 1 N–H and O–H groups in total. The Hall–Kier alpha value is -1.73. The summed E-state index contributed by atoms with van der Waals surface area (Å²) in [6, 6.07) is 13.3. The van der Waals surface area contributed by atoms with Crippen LogP contribution in [0.25, 0.3) is 0 Å². The third kappa shape index (κ3) is 6.93. The molecule has 0 bridgehead atoms. The second kappa shape index (κ2) is 10.9. The zero-order chi connectivity index (χ0) is 20.6. The molecule has 0 aliphatic heterocycles. The molecule has 1 aromatic heterocycles. The van der Waals surface area contributed by atoms with Crippen molar-refractivity contribution in [3.8, 4) is 5.75 Å². The van der Waals surface area contributed by atoms with E-state index in [-0.39, 0.29) is 12.3 Å². The highest BCUT2D eigenvalue weighted by Gasteiger charge is 2.09. The first-order valence-corrected chi connectivity index (χ1v) is 11.6. The van der Waals surface area contributed by atoms with Crippen molar-refractivity contribution in [2.45, 2.75) is 22.9 Å². The molecule has 0 saturated carbocycles. The number of benzene rings is 2. The highest BCUT2D eigenvalue weighted by Crippen LogP contribution is 2.30. The summed E-state index contributed by atoms with van der Waals surface area (Å²) >= 11 is 15.3. The van der Waals surface area contributed by atoms with Gasteiger partial charge in [-0.25, -0.2) is 4.98 Å². The van der Waals surface area contributed by atoms with Crippen LogP contribution in [0, 0.1) is 0 Å². The average molecular weight is 467 g/mol. The van der Waals surface area contributed by atoms with Gasteiger partial charge >= 0.3 is 0 Å². The molecule has 2 aromatic carbocycles. The van der Waals surface area contributed by atoms with Crippen LogP contribution in [-0.2, 0) is 23.4 Å². The maximum atomic E-state index is 12.2. The van der Waals surface area contributed by atoms with Gasteiger partial charge in [0, 0.05) is 27.7 Å². The Morgan fingerprint density at radius 2 is 2.00 bits per heavy atom. The van der Waals surface area contributed by atoms with E-state index in [0.717, 1.165) is 33.3 Å². The number of nitrogens with zero attached hydrogens (tertiary/aromatic N) is 1. The summed E-state index contributed by atoms with van der Waals surface area (Å²) in [5, 5.41) is 6.15. The lowest BCUT2D eigenvalue weighted by Gasteiger charge is -2.05. The zero-order valence-electron chi connectivity index (χ0n) is 15.8. The van der Waals surface area contributed by atoms with Gasteiger partial charge in [-0.05, 0) is 41.8 Å². The summed E-state index contributed by atoms with van der Waals surface area (Å²) in [6.07, 6.45) is 1.05. The van der Waals surface area contributed by atoms with Crippen molar-refractivity contribution in [3.05, 3.63) is 74.7 Å². The van der Waals surface area contributed by atoms with Gasteiger partial charge in [-0.15, -0.1) is 11.3 Å². The molecule has 1 amide bonds. The molecule has 3 aromatic rings. The van der Waals surface area contributed by atoms with Crippen LogP contribution in [0.2, 0.25) is 10.0 Å². The molecule has 0 radical (unpaired) electrons. The number of aromatic nitrogens is 1. The first kappa shape index (κ1) is 22.0. The molecule has 29 heavy (non-hydrogen) atoms. The minimum atomic E-state index is -0.0268. The number of nitrogens with one attached hydrogen (secondary N) is 1.